The molecule has 6 nitrogen and oxygen atoms in total. The van der Waals surface area contributed by atoms with Gasteiger partial charge in [-0.1, -0.05) is 133 Å². The Labute approximate surface area is 330 Å². The molecule has 12 aromatic rings. The van der Waals surface area contributed by atoms with Crippen LogP contribution in [0.2, 0.25) is 0 Å². The Kier molecular flexibility index (Phi) is 7.00. The maximum absolute atomic E-state index is 5.27. The highest BCUT2D eigenvalue weighted by molar-refractivity contribution is 7.26. The average Bonchev–Trinajstić information content (AvgIpc) is 3.93. The smallest absolute Gasteiger partial charge is 0.235 e. The molecule has 57 heavy (non-hydrogen) atoms. The first-order chi connectivity index (χ1) is 28.3. The standard InChI is InChI=1S/C50H30N6S/c1-4-14-31(15-5-1)39-26-27-51-49(52-39)56-43-23-13-10-20-34(43)36-24-25-45-47(48(36)56)38-28-37-35-21-11-12-22-42(35)55(44(37)30-46(38)57-45)50-53-40(32-16-6-2-7-17-32)29-41(54-50)33-18-8-3-9-19-33/h1-30H. The van der Waals surface area contributed by atoms with Crippen LogP contribution in [0.15, 0.2) is 182 Å². The molecule has 0 bridgehead atoms. The van der Waals surface area contributed by atoms with Crippen LogP contribution in [0.4, 0.5) is 0 Å². The molecule has 0 aliphatic carbocycles. The van der Waals surface area contributed by atoms with Gasteiger partial charge in [-0.15, -0.1) is 11.3 Å². The quantitative estimate of drug-likeness (QED) is 0.176. The third-order valence-electron chi connectivity index (χ3n) is 11.0. The van der Waals surface area contributed by atoms with E-state index in [4.69, 9.17) is 19.9 Å². The molecule has 0 atom stereocenters. The first kappa shape index (κ1) is 31.8. The molecule has 0 saturated heterocycles. The molecule has 12 rings (SSSR count). The lowest BCUT2D eigenvalue weighted by molar-refractivity contribution is 0.994. The van der Waals surface area contributed by atoms with Gasteiger partial charge >= 0.3 is 0 Å². The summed E-state index contributed by atoms with van der Waals surface area (Å²) in [5, 5.41) is 7.04. The zero-order chi connectivity index (χ0) is 37.5. The van der Waals surface area contributed by atoms with Crippen molar-refractivity contribution >= 4 is 75.1 Å². The highest BCUT2D eigenvalue weighted by Crippen LogP contribution is 2.45. The number of fused-ring (bicyclic) bond motifs is 10. The van der Waals surface area contributed by atoms with Crippen LogP contribution in [0.25, 0.3) is 109 Å². The second-order valence-corrected chi connectivity index (χ2v) is 15.4. The molecule has 0 amide bonds. The Bertz CT molecular complexity index is 3460. The van der Waals surface area contributed by atoms with Crippen molar-refractivity contribution in [3.8, 4) is 45.7 Å². The monoisotopic (exact) mass is 746 g/mol. The lowest BCUT2D eigenvalue weighted by Gasteiger charge is -2.12. The van der Waals surface area contributed by atoms with Gasteiger partial charge in [0, 0.05) is 64.6 Å². The molecule has 0 aliphatic rings. The van der Waals surface area contributed by atoms with Crippen LogP contribution in [0.5, 0.6) is 0 Å². The van der Waals surface area contributed by atoms with E-state index in [2.05, 4.69) is 149 Å². The van der Waals surface area contributed by atoms with E-state index >= 15 is 0 Å². The van der Waals surface area contributed by atoms with Crippen molar-refractivity contribution in [1.29, 1.82) is 0 Å². The molecule has 0 aliphatic heterocycles. The van der Waals surface area contributed by atoms with Gasteiger partial charge in [0.15, 0.2) is 0 Å². The summed E-state index contributed by atoms with van der Waals surface area (Å²) in [7, 11) is 0. The molecule has 0 N–H and O–H groups in total. The molecule has 7 heteroatoms. The molecule has 0 fully saturated rings. The van der Waals surface area contributed by atoms with Gasteiger partial charge in [0.2, 0.25) is 11.9 Å². The second-order valence-electron chi connectivity index (χ2n) is 14.3. The minimum Gasteiger partial charge on any atom is -0.278 e. The lowest BCUT2D eigenvalue weighted by atomic mass is 10.1. The number of nitrogens with zero attached hydrogens (tertiary/aromatic N) is 6. The van der Waals surface area contributed by atoms with E-state index in [-0.39, 0.29) is 0 Å². The van der Waals surface area contributed by atoms with Crippen LogP contribution in [-0.2, 0) is 0 Å². The summed E-state index contributed by atoms with van der Waals surface area (Å²) in [5.41, 5.74) is 10.1. The summed E-state index contributed by atoms with van der Waals surface area (Å²) < 4.78 is 6.89. The minimum absolute atomic E-state index is 0.639. The van der Waals surface area contributed by atoms with Gasteiger partial charge in [-0.05, 0) is 42.5 Å². The maximum atomic E-state index is 5.27. The van der Waals surface area contributed by atoms with Gasteiger partial charge in [-0.2, -0.15) is 0 Å². The highest BCUT2D eigenvalue weighted by atomic mass is 32.1. The van der Waals surface area contributed by atoms with E-state index < -0.39 is 0 Å². The molecular weight excluding hydrogens is 717 g/mol. The van der Waals surface area contributed by atoms with Crippen molar-refractivity contribution in [3.63, 3.8) is 0 Å². The summed E-state index contributed by atoms with van der Waals surface area (Å²) in [6, 6.07) is 61.5. The molecule has 7 aromatic carbocycles. The summed E-state index contributed by atoms with van der Waals surface area (Å²) in [4.78, 5) is 20.6. The van der Waals surface area contributed by atoms with Gasteiger partial charge in [0.25, 0.3) is 0 Å². The molecule has 5 heterocycles. The third kappa shape index (κ3) is 4.96. The first-order valence-electron chi connectivity index (χ1n) is 19.0. The van der Waals surface area contributed by atoms with Crippen LogP contribution in [0, 0.1) is 0 Å². The molecule has 266 valence electrons. The first-order valence-corrected chi connectivity index (χ1v) is 19.8. The fourth-order valence-electron chi connectivity index (χ4n) is 8.48. The number of hydrogen-bond acceptors (Lipinski definition) is 5. The van der Waals surface area contributed by atoms with E-state index in [1.165, 1.54) is 30.9 Å². The number of rotatable bonds is 5. The minimum atomic E-state index is 0.639. The predicted octanol–water partition coefficient (Wildman–Crippen LogP) is 12.8. The zero-order valence-corrected chi connectivity index (χ0v) is 31.2. The Morgan fingerprint density at radius 2 is 0.930 bits per heavy atom. The fraction of sp³-hybridized carbons (Fsp3) is 0. The number of aromatic nitrogens is 6. The summed E-state index contributed by atoms with van der Waals surface area (Å²) in [6.07, 6.45) is 1.87. The van der Waals surface area contributed by atoms with Gasteiger partial charge in [-0.3, -0.25) is 9.13 Å². The number of benzene rings is 7. The van der Waals surface area contributed by atoms with Gasteiger partial charge in [0.1, 0.15) is 0 Å². The van der Waals surface area contributed by atoms with E-state index in [1.54, 1.807) is 0 Å². The fourth-order valence-corrected chi connectivity index (χ4v) is 9.60. The van der Waals surface area contributed by atoms with Crippen LogP contribution in [-0.4, -0.2) is 29.1 Å². The van der Waals surface area contributed by atoms with E-state index in [1.807, 2.05) is 53.9 Å². The van der Waals surface area contributed by atoms with Crippen molar-refractivity contribution in [1.82, 2.24) is 29.1 Å². The van der Waals surface area contributed by atoms with Crippen LogP contribution < -0.4 is 0 Å². The second kappa shape index (κ2) is 12.5. The summed E-state index contributed by atoms with van der Waals surface area (Å²) in [6.45, 7) is 0. The molecule has 0 saturated carbocycles. The van der Waals surface area contributed by atoms with Crippen molar-refractivity contribution in [2.75, 3.05) is 0 Å². The van der Waals surface area contributed by atoms with Crippen molar-refractivity contribution in [3.05, 3.63) is 182 Å². The zero-order valence-electron chi connectivity index (χ0n) is 30.4. The number of thiophene rings is 1. The topological polar surface area (TPSA) is 61.4 Å². The van der Waals surface area contributed by atoms with Gasteiger partial charge in [-0.25, -0.2) is 19.9 Å². The lowest BCUT2D eigenvalue weighted by Crippen LogP contribution is -2.03. The van der Waals surface area contributed by atoms with Crippen molar-refractivity contribution < 1.29 is 0 Å². The van der Waals surface area contributed by atoms with Crippen molar-refractivity contribution in [2.24, 2.45) is 0 Å². The molecule has 5 aromatic heterocycles. The highest BCUT2D eigenvalue weighted by Gasteiger charge is 2.23. The Morgan fingerprint density at radius 1 is 0.368 bits per heavy atom. The van der Waals surface area contributed by atoms with Crippen LogP contribution in [0.3, 0.4) is 0 Å². The largest absolute Gasteiger partial charge is 0.278 e. The van der Waals surface area contributed by atoms with E-state index in [0.29, 0.717) is 11.9 Å². The van der Waals surface area contributed by atoms with Crippen LogP contribution >= 0.6 is 11.3 Å². The molecule has 0 radical (unpaired) electrons. The van der Waals surface area contributed by atoms with Crippen LogP contribution in [0.1, 0.15) is 0 Å². The van der Waals surface area contributed by atoms with E-state index in [9.17, 15) is 0 Å². The Balaban J connectivity index is 1.15. The van der Waals surface area contributed by atoms with Gasteiger partial charge < -0.3 is 0 Å². The predicted molar refractivity (Wildman–Crippen MR) is 235 cm³/mol. The summed E-state index contributed by atoms with van der Waals surface area (Å²) >= 11 is 1.81. The Morgan fingerprint density at radius 3 is 1.60 bits per heavy atom. The number of hydrogen-bond donors (Lipinski definition) is 0. The van der Waals surface area contributed by atoms with E-state index in [0.717, 1.165) is 66.6 Å². The maximum Gasteiger partial charge on any atom is 0.235 e. The normalized spacial score (nSPS) is 11.9. The number of para-hydroxylation sites is 2. The Hall–Kier alpha value is -7.48. The SMILES string of the molecule is c1ccc(-c2cc(-c3ccccc3)nc(-n3c4ccccc4c4cc5c(cc43)sc3ccc4c6ccccc6n(-c6nccc(-c7ccccc7)n6)c4c35)n2)cc1. The molecule has 0 spiro atoms. The molecule has 0 unspecified atom stereocenters. The third-order valence-corrected chi connectivity index (χ3v) is 12.1. The average molecular weight is 747 g/mol. The van der Waals surface area contributed by atoms with Crippen molar-refractivity contribution in [2.45, 2.75) is 0 Å². The molecular formula is C50H30N6S. The van der Waals surface area contributed by atoms with Gasteiger partial charge in [0.05, 0.1) is 39.1 Å². The summed E-state index contributed by atoms with van der Waals surface area (Å²) in [5.74, 6) is 1.29.